The highest BCUT2D eigenvalue weighted by Gasteiger charge is 2.17. The quantitative estimate of drug-likeness (QED) is 0.685. The van der Waals surface area contributed by atoms with Gasteiger partial charge in [0.15, 0.2) is 0 Å². The largest absolute Gasteiger partial charge is 0.326 e. The minimum atomic E-state index is 0.295. The third-order valence-electron chi connectivity index (χ3n) is 3.03. The molecule has 0 aliphatic carbocycles. The first-order valence-electron chi connectivity index (χ1n) is 5.58. The van der Waals surface area contributed by atoms with Crippen LogP contribution in [0.1, 0.15) is 26.7 Å². The van der Waals surface area contributed by atoms with Gasteiger partial charge in [0.1, 0.15) is 0 Å². The summed E-state index contributed by atoms with van der Waals surface area (Å²) in [6.07, 6.45) is 2.49. The molecule has 0 bridgehead atoms. The van der Waals surface area contributed by atoms with Crippen molar-refractivity contribution in [1.82, 2.24) is 9.99 Å². The molecule has 1 aliphatic rings. The summed E-state index contributed by atoms with van der Waals surface area (Å²) < 4.78 is 2.31. The van der Waals surface area contributed by atoms with Crippen molar-refractivity contribution in [3.05, 3.63) is 0 Å². The summed E-state index contributed by atoms with van der Waals surface area (Å²) in [5.41, 5.74) is 5.98. The van der Waals surface area contributed by atoms with Gasteiger partial charge in [-0.05, 0) is 18.8 Å². The van der Waals surface area contributed by atoms with E-state index in [0.29, 0.717) is 18.0 Å². The van der Waals surface area contributed by atoms with Gasteiger partial charge in [-0.3, -0.25) is 4.67 Å². The highest BCUT2D eigenvalue weighted by molar-refractivity contribution is 7.13. The van der Waals surface area contributed by atoms with Crippen molar-refractivity contribution in [3.63, 3.8) is 0 Å². The maximum atomic E-state index is 5.98. The van der Waals surface area contributed by atoms with Gasteiger partial charge in [-0.1, -0.05) is 23.2 Å². The first-order valence-corrected chi connectivity index (χ1v) is 6.10. The smallest absolute Gasteiger partial charge is 0.0188 e. The molecule has 0 aromatic heterocycles. The van der Waals surface area contributed by atoms with Crippen LogP contribution in [0.15, 0.2) is 0 Å². The molecule has 0 saturated carbocycles. The second kappa shape index (κ2) is 6.02. The Morgan fingerprint density at radius 3 is 2.50 bits per heavy atom. The van der Waals surface area contributed by atoms with Gasteiger partial charge in [-0.2, -0.15) is 0 Å². The van der Waals surface area contributed by atoms with E-state index in [4.69, 9.17) is 5.73 Å². The monoisotopic (exact) mass is 217 g/mol. The van der Waals surface area contributed by atoms with Gasteiger partial charge in [-0.15, -0.1) is 0 Å². The molecule has 3 N–H and O–H groups in total. The van der Waals surface area contributed by atoms with Crippen LogP contribution >= 0.6 is 9.39 Å². The Kier molecular flexibility index (Phi) is 5.32. The first-order chi connectivity index (χ1) is 6.59. The predicted octanol–water partition coefficient (Wildman–Crippen LogP) is 0.814. The van der Waals surface area contributed by atoms with Crippen LogP contribution < -0.4 is 11.1 Å². The number of nitrogens with zero attached hydrogens (tertiary/aromatic N) is 1. The van der Waals surface area contributed by atoms with Gasteiger partial charge in [-0.25, -0.2) is 0 Å². The number of hydrogen-bond acceptors (Lipinski definition) is 3. The SMILES string of the molecule is CC(C)C(N)CNC1CCN(P)CC1. The molecule has 0 aromatic carbocycles. The third-order valence-corrected chi connectivity index (χ3v) is 3.54. The molecule has 0 radical (unpaired) electrons. The zero-order valence-corrected chi connectivity index (χ0v) is 10.5. The Morgan fingerprint density at radius 1 is 1.43 bits per heavy atom. The van der Waals surface area contributed by atoms with Crippen molar-refractivity contribution in [2.75, 3.05) is 19.6 Å². The molecule has 4 heteroatoms. The number of hydrogen-bond donors (Lipinski definition) is 2. The molecule has 1 heterocycles. The predicted molar refractivity (Wildman–Crippen MR) is 65.1 cm³/mol. The van der Waals surface area contributed by atoms with E-state index in [0.717, 1.165) is 6.54 Å². The van der Waals surface area contributed by atoms with Crippen LogP contribution in [0, 0.1) is 5.92 Å². The number of nitrogens with one attached hydrogen (secondary N) is 1. The number of piperidine rings is 1. The zero-order valence-electron chi connectivity index (χ0n) is 9.37. The fraction of sp³-hybridized carbons (Fsp3) is 1.00. The molecule has 14 heavy (non-hydrogen) atoms. The van der Waals surface area contributed by atoms with Gasteiger partial charge in [0.25, 0.3) is 0 Å². The molecule has 0 aromatic rings. The molecule has 1 fully saturated rings. The van der Waals surface area contributed by atoms with Crippen molar-refractivity contribution in [3.8, 4) is 0 Å². The molecule has 3 nitrogen and oxygen atoms in total. The number of nitrogens with two attached hydrogens (primary N) is 1. The standard InChI is InChI=1S/C10H24N3P/c1-8(2)10(11)7-12-9-3-5-13(14)6-4-9/h8-10,12H,3-7,11,14H2,1-2H3. The first kappa shape index (κ1) is 12.4. The highest BCUT2D eigenvalue weighted by atomic mass is 31.0. The maximum Gasteiger partial charge on any atom is 0.0188 e. The lowest BCUT2D eigenvalue weighted by atomic mass is 10.0. The fourth-order valence-corrected chi connectivity index (χ4v) is 1.94. The van der Waals surface area contributed by atoms with Gasteiger partial charge in [0.05, 0.1) is 0 Å². The summed E-state index contributed by atoms with van der Waals surface area (Å²) in [4.78, 5) is 0. The van der Waals surface area contributed by atoms with Crippen LogP contribution in [0.4, 0.5) is 0 Å². The van der Waals surface area contributed by atoms with Crippen molar-refractivity contribution in [1.29, 1.82) is 0 Å². The van der Waals surface area contributed by atoms with E-state index in [1.165, 1.54) is 25.9 Å². The summed E-state index contributed by atoms with van der Waals surface area (Å²) >= 11 is 0. The minimum absolute atomic E-state index is 0.295. The zero-order chi connectivity index (χ0) is 10.6. The van der Waals surface area contributed by atoms with Gasteiger partial charge < -0.3 is 11.1 Å². The van der Waals surface area contributed by atoms with Crippen molar-refractivity contribution in [2.45, 2.75) is 38.8 Å². The Balaban J connectivity index is 2.13. The highest BCUT2D eigenvalue weighted by Crippen LogP contribution is 2.13. The van der Waals surface area contributed by atoms with E-state index in [1.54, 1.807) is 0 Å². The van der Waals surface area contributed by atoms with Gasteiger partial charge >= 0.3 is 0 Å². The van der Waals surface area contributed by atoms with E-state index < -0.39 is 0 Å². The van der Waals surface area contributed by atoms with Crippen LogP contribution in [0.3, 0.4) is 0 Å². The second-order valence-electron chi connectivity index (χ2n) is 4.63. The van der Waals surface area contributed by atoms with Crippen LogP contribution in [0.5, 0.6) is 0 Å². The Hall–Kier alpha value is 0.310. The summed E-state index contributed by atoms with van der Waals surface area (Å²) in [7, 11) is 2.77. The Labute approximate surface area is 90.1 Å². The Bertz CT molecular complexity index is 155. The van der Waals surface area contributed by atoms with Crippen LogP contribution in [-0.4, -0.2) is 36.4 Å². The third kappa shape index (κ3) is 4.22. The molecule has 1 aliphatic heterocycles. The second-order valence-corrected chi connectivity index (χ2v) is 5.36. The summed E-state index contributed by atoms with van der Waals surface area (Å²) in [6, 6.07) is 0.973. The van der Waals surface area contributed by atoms with Crippen molar-refractivity contribution in [2.24, 2.45) is 11.7 Å². The van der Waals surface area contributed by atoms with E-state index in [-0.39, 0.29) is 0 Å². The van der Waals surface area contributed by atoms with E-state index in [1.807, 2.05) is 0 Å². The number of rotatable bonds is 4. The van der Waals surface area contributed by atoms with Crippen molar-refractivity contribution < 1.29 is 0 Å². The molecular weight excluding hydrogens is 193 g/mol. The maximum absolute atomic E-state index is 5.98. The van der Waals surface area contributed by atoms with Gasteiger partial charge in [0, 0.05) is 31.7 Å². The molecule has 1 rings (SSSR count). The average Bonchev–Trinajstić information content (AvgIpc) is 2.16. The molecule has 2 atom stereocenters. The fourth-order valence-electron chi connectivity index (χ4n) is 1.64. The van der Waals surface area contributed by atoms with E-state index >= 15 is 0 Å². The molecule has 0 spiro atoms. The van der Waals surface area contributed by atoms with Crippen molar-refractivity contribution >= 4 is 9.39 Å². The molecule has 1 saturated heterocycles. The summed E-state index contributed by atoms with van der Waals surface area (Å²) in [6.45, 7) is 7.67. The summed E-state index contributed by atoms with van der Waals surface area (Å²) in [5.74, 6) is 0.573. The van der Waals surface area contributed by atoms with Crippen LogP contribution in [0.25, 0.3) is 0 Å². The average molecular weight is 217 g/mol. The van der Waals surface area contributed by atoms with E-state index in [9.17, 15) is 0 Å². The molecular formula is C10H24N3P. The lowest BCUT2D eigenvalue weighted by Gasteiger charge is -2.30. The summed E-state index contributed by atoms with van der Waals surface area (Å²) in [5, 5.41) is 3.56. The molecule has 84 valence electrons. The molecule has 2 unspecified atom stereocenters. The minimum Gasteiger partial charge on any atom is -0.326 e. The Morgan fingerprint density at radius 2 is 2.00 bits per heavy atom. The van der Waals surface area contributed by atoms with Gasteiger partial charge in [0.2, 0.25) is 0 Å². The topological polar surface area (TPSA) is 41.3 Å². The lowest BCUT2D eigenvalue weighted by Crippen LogP contribution is -2.45. The lowest BCUT2D eigenvalue weighted by molar-refractivity contribution is 0.296. The van der Waals surface area contributed by atoms with E-state index in [2.05, 4.69) is 33.2 Å². The van der Waals surface area contributed by atoms with Crippen LogP contribution in [-0.2, 0) is 0 Å². The normalized spacial score (nSPS) is 22.9. The molecule has 0 amide bonds. The van der Waals surface area contributed by atoms with Crippen LogP contribution in [0.2, 0.25) is 0 Å².